The Balaban J connectivity index is 1.49. The number of hydrogen-bond acceptors (Lipinski definition) is 4. The molecule has 1 saturated heterocycles. The highest BCUT2D eigenvalue weighted by molar-refractivity contribution is 7.99. The maximum absolute atomic E-state index is 12.5. The molecule has 1 heterocycles. The summed E-state index contributed by atoms with van der Waals surface area (Å²) in [5, 5.41) is 3.00. The second-order valence-corrected chi connectivity index (χ2v) is 7.42. The Morgan fingerprint density at radius 3 is 2.71 bits per heavy atom. The van der Waals surface area contributed by atoms with E-state index in [9.17, 15) is 9.59 Å². The molecule has 1 aliphatic heterocycles. The van der Waals surface area contributed by atoms with Crippen molar-refractivity contribution in [3.8, 4) is 5.75 Å². The Hall–Kier alpha value is -1.69. The van der Waals surface area contributed by atoms with Crippen LogP contribution in [0, 0.1) is 5.92 Å². The smallest absolute Gasteiger partial charge is 0.243 e. The molecule has 3 rings (SSSR count). The molecule has 2 fully saturated rings. The number of nitrogens with zero attached hydrogens (tertiary/aromatic N) is 1. The van der Waals surface area contributed by atoms with Crippen molar-refractivity contribution in [2.24, 2.45) is 5.92 Å². The third-order valence-electron chi connectivity index (χ3n) is 4.55. The van der Waals surface area contributed by atoms with Gasteiger partial charge in [-0.15, -0.1) is 11.8 Å². The van der Waals surface area contributed by atoms with Crippen LogP contribution in [0.4, 0.5) is 0 Å². The van der Waals surface area contributed by atoms with Gasteiger partial charge in [-0.1, -0.05) is 12.1 Å². The Labute approximate surface area is 147 Å². The van der Waals surface area contributed by atoms with E-state index in [0.29, 0.717) is 30.4 Å². The van der Waals surface area contributed by atoms with Crippen molar-refractivity contribution in [1.29, 1.82) is 0 Å². The first-order valence-corrected chi connectivity index (χ1v) is 9.60. The van der Waals surface area contributed by atoms with Crippen LogP contribution < -0.4 is 10.1 Å². The number of carbonyl (C=O) groups is 2. The maximum Gasteiger partial charge on any atom is 0.243 e. The number of ether oxygens (including phenoxy) is 1. The van der Waals surface area contributed by atoms with Gasteiger partial charge in [0.15, 0.2) is 0 Å². The van der Waals surface area contributed by atoms with Crippen molar-refractivity contribution in [1.82, 2.24) is 10.2 Å². The van der Waals surface area contributed by atoms with Gasteiger partial charge in [0.2, 0.25) is 11.8 Å². The van der Waals surface area contributed by atoms with E-state index in [4.69, 9.17) is 4.74 Å². The zero-order valence-electron chi connectivity index (χ0n) is 14.0. The minimum atomic E-state index is -0.308. The SMILES string of the molecule is COc1ccc(CCC(=O)N2CSC[C@@H]2C(=O)NCC2CC2)cc1. The van der Waals surface area contributed by atoms with Crippen molar-refractivity contribution in [3.63, 3.8) is 0 Å². The van der Waals surface area contributed by atoms with Gasteiger partial charge in [0.05, 0.1) is 13.0 Å². The van der Waals surface area contributed by atoms with Gasteiger partial charge in [0, 0.05) is 18.7 Å². The van der Waals surface area contributed by atoms with Crippen LogP contribution in [0.3, 0.4) is 0 Å². The first-order valence-electron chi connectivity index (χ1n) is 8.45. The fourth-order valence-corrected chi connectivity index (χ4v) is 3.96. The Morgan fingerprint density at radius 1 is 1.29 bits per heavy atom. The number of amides is 2. The lowest BCUT2D eigenvalue weighted by Crippen LogP contribution is -2.47. The van der Waals surface area contributed by atoms with Crippen LogP contribution in [0.5, 0.6) is 5.75 Å². The summed E-state index contributed by atoms with van der Waals surface area (Å²) in [5.74, 6) is 2.84. The molecule has 2 amide bonds. The molecule has 1 aliphatic carbocycles. The van der Waals surface area contributed by atoms with E-state index in [1.807, 2.05) is 24.3 Å². The van der Waals surface area contributed by atoms with E-state index in [1.165, 1.54) is 12.8 Å². The average Bonchev–Trinajstić information content (AvgIpc) is 3.31. The zero-order valence-corrected chi connectivity index (χ0v) is 14.8. The fraction of sp³-hybridized carbons (Fsp3) is 0.556. The molecule has 2 aliphatic rings. The van der Waals surface area contributed by atoms with E-state index in [0.717, 1.165) is 17.9 Å². The molecule has 1 aromatic rings. The minimum absolute atomic E-state index is 0.00435. The zero-order chi connectivity index (χ0) is 16.9. The molecule has 1 aromatic carbocycles. The molecule has 0 radical (unpaired) electrons. The van der Waals surface area contributed by atoms with Crippen LogP contribution in [-0.4, -0.2) is 48.0 Å². The molecule has 6 heteroatoms. The average molecular weight is 348 g/mol. The molecule has 5 nitrogen and oxygen atoms in total. The summed E-state index contributed by atoms with van der Waals surface area (Å²) >= 11 is 1.65. The Bertz CT molecular complexity index is 586. The third kappa shape index (κ3) is 4.44. The fourth-order valence-electron chi connectivity index (χ4n) is 2.78. The van der Waals surface area contributed by atoms with Gasteiger partial charge in [-0.25, -0.2) is 0 Å². The summed E-state index contributed by atoms with van der Waals surface area (Å²) < 4.78 is 5.14. The molecule has 0 aromatic heterocycles. The molecule has 0 spiro atoms. The summed E-state index contributed by atoms with van der Waals surface area (Å²) in [6, 6.07) is 7.45. The lowest BCUT2D eigenvalue weighted by atomic mass is 10.1. The third-order valence-corrected chi connectivity index (χ3v) is 5.57. The van der Waals surface area contributed by atoms with Gasteiger partial charge in [-0.2, -0.15) is 0 Å². The van der Waals surface area contributed by atoms with Gasteiger partial charge in [-0.05, 0) is 42.9 Å². The number of benzene rings is 1. The normalized spacial score (nSPS) is 20.0. The summed E-state index contributed by atoms with van der Waals surface area (Å²) in [6.07, 6.45) is 3.54. The predicted octanol–water partition coefficient (Wildman–Crippen LogP) is 2.06. The topological polar surface area (TPSA) is 58.6 Å². The van der Waals surface area contributed by atoms with Crippen LogP contribution in [0.25, 0.3) is 0 Å². The molecule has 0 unspecified atom stereocenters. The number of carbonyl (C=O) groups excluding carboxylic acids is 2. The number of nitrogens with one attached hydrogen (secondary N) is 1. The van der Waals surface area contributed by atoms with Crippen LogP contribution in [0.1, 0.15) is 24.8 Å². The van der Waals surface area contributed by atoms with Crippen molar-refractivity contribution in [2.75, 3.05) is 25.3 Å². The van der Waals surface area contributed by atoms with Crippen LogP contribution in [0.15, 0.2) is 24.3 Å². The standard InChI is InChI=1S/C18H24N2O3S/c1-23-15-7-4-13(5-8-15)6-9-17(21)20-12-24-11-16(20)18(22)19-10-14-2-3-14/h4-5,7-8,14,16H,2-3,6,9-12H2,1H3,(H,19,22)/t16-/m1/s1. The predicted molar refractivity (Wildman–Crippen MR) is 95.0 cm³/mol. The van der Waals surface area contributed by atoms with Gasteiger partial charge in [-0.3, -0.25) is 9.59 Å². The Kier molecular flexibility index (Phi) is 5.66. The molecular weight excluding hydrogens is 324 g/mol. The van der Waals surface area contributed by atoms with Crippen LogP contribution in [-0.2, 0) is 16.0 Å². The van der Waals surface area contributed by atoms with E-state index in [1.54, 1.807) is 23.8 Å². The molecule has 1 saturated carbocycles. The summed E-state index contributed by atoms with van der Waals surface area (Å²) in [7, 11) is 1.64. The van der Waals surface area contributed by atoms with E-state index < -0.39 is 0 Å². The van der Waals surface area contributed by atoms with Crippen molar-refractivity contribution in [2.45, 2.75) is 31.7 Å². The first kappa shape index (κ1) is 17.1. The maximum atomic E-state index is 12.5. The second kappa shape index (κ2) is 7.92. The lowest BCUT2D eigenvalue weighted by Gasteiger charge is -2.23. The number of aryl methyl sites for hydroxylation is 1. The first-order chi connectivity index (χ1) is 11.7. The Morgan fingerprint density at radius 2 is 2.04 bits per heavy atom. The van der Waals surface area contributed by atoms with E-state index >= 15 is 0 Å². The van der Waals surface area contributed by atoms with Crippen molar-refractivity contribution >= 4 is 23.6 Å². The number of thioether (sulfide) groups is 1. The van der Waals surface area contributed by atoms with Gasteiger partial charge in [0.1, 0.15) is 11.8 Å². The van der Waals surface area contributed by atoms with Crippen molar-refractivity contribution < 1.29 is 14.3 Å². The van der Waals surface area contributed by atoms with E-state index in [2.05, 4.69) is 5.32 Å². The monoisotopic (exact) mass is 348 g/mol. The van der Waals surface area contributed by atoms with Gasteiger partial charge >= 0.3 is 0 Å². The second-order valence-electron chi connectivity index (χ2n) is 6.42. The number of hydrogen-bond donors (Lipinski definition) is 1. The number of rotatable bonds is 7. The van der Waals surface area contributed by atoms with Gasteiger partial charge < -0.3 is 15.0 Å². The quantitative estimate of drug-likeness (QED) is 0.819. The number of methoxy groups -OCH3 is 1. The largest absolute Gasteiger partial charge is 0.497 e. The lowest BCUT2D eigenvalue weighted by molar-refractivity contribution is -0.138. The van der Waals surface area contributed by atoms with Crippen molar-refractivity contribution in [3.05, 3.63) is 29.8 Å². The molecule has 24 heavy (non-hydrogen) atoms. The molecule has 1 N–H and O–H groups in total. The van der Waals surface area contributed by atoms with Gasteiger partial charge in [0.25, 0.3) is 0 Å². The highest BCUT2D eigenvalue weighted by atomic mass is 32.2. The minimum Gasteiger partial charge on any atom is -0.497 e. The summed E-state index contributed by atoms with van der Waals surface area (Å²) in [5.41, 5.74) is 1.10. The highest BCUT2D eigenvalue weighted by Crippen LogP contribution is 2.28. The molecule has 0 bridgehead atoms. The highest BCUT2D eigenvalue weighted by Gasteiger charge is 2.34. The summed E-state index contributed by atoms with van der Waals surface area (Å²) in [6.45, 7) is 0.758. The summed E-state index contributed by atoms with van der Waals surface area (Å²) in [4.78, 5) is 26.6. The molecular formula is C18H24N2O3S. The van der Waals surface area contributed by atoms with Crippen LogP contribution >= 0.6 is 11.8 Å². The van der Waals surface area contributed by atoms with E-state index in [-0.39, 0.29) is 17.9 Å². The molecule has 1 atom stereocenters. The molecule has 130 valence electrons. The van der Waals surface area contributed by atoms with Crippen LogP contribution in [0.2, 0.25) is 0 Å².